The molecular weight excluding hydrogens is 357 g/mol. The number of amides is 1. The Morgan fingerprint density at radius 1 is 1.25 bits per heavy atom. The van der Waals surface area contributed by atoms with Crippen LogP contribution in [0.3, 0.4) is 0 Å². The van der Waals surface area contributed by atoms with E-state index in [1.165, 1.54) is 12.1 Å². The number of carbonyl (C=O) groups is 1. The minimum atomic E-state index is -0.234. The molecular formula is C22H22FN3O2. The van der Waals surface area contributed by atoms with E-state index in [1.807, 2.05) is 19.1 Å². The third-order valence-corrected chi connectivity index (χ3v) is 5.03. The third kappa shape index (κ3) is 3.97. The van der Waals surface area contributed by atoms with Crippen LogP contribution >= 0.6 is 0 Å². The van der Waals surface area contributed by atoms with Gasteiger partial charge in [0, 0.05) is 50.6 Å². The molecule has 2 aromatic heterocycles. The van der Waals surface area contributed by atoms with Gasteiger partial charge in [-0.3, -0.25) is 14.7 Å². The SMILES string of the molecule is Cc1oc2c(c1C(=O)NCc1cccnc1)CN(Cc1ccc(F)cc1)CC2. The number of hydrogen-bond acceptors (Lipinski definition) is 4. The minimum absolute atomic E-state index is 0.130. The first-order chi connectivity index (χ1) is 13.6. The highest BCUT2D eigenvalue weighted by Gasteiger charge is 2.28. The molecule has 1 amide bonds. The quantitative estimate of drug-likeness (QED) is 0.736. The van der Waals surface area contributed by atoms with E-state index in [0.29, 0.717) is 31.0 Å². The molecule has 5 nitrogen and oxygen atoms in total. The number of pyridine rings is 1. The first kappa shape index (κ1) is 18.4. The number of nitrogens with zero attached hydrogens (tertiary/aromatic N) is 2. The Labute approximate surface area is 163 Å². The number of halogens is 1. The van der Waals surface area contributed by atoms with Gasteiger partial charge in [-0.1, -0.05) is 18.2 Å². The third-order valence-electron chi connectivity index (χ3n) is 5.03. The molecule has 0 saturated heterocycles. The van der Waals surface area contributed by atoms with Crippen molar-refractivity contribution in [3.63, 3.8) is 0 Å². The molecule has 4 rings (SSSR count). The van der Waals surface area contributed by atoms with Crippen molar-refractivity contribution >= 4 is 5.91 Å². The average molecular weight is 379 g/mol. The number of benzene rings is 1. The Hall–Kier alpha value is -2.99. The van der Waals surface area contributed by atoms with Crippen LogP contribution in [0, 0.1) is 12.7 Å². The second-order valence-corrected chi connectivity index (χ2v) is 7.07. The summed E-state index contributed by atoms with van der Waals surface area (Å²) in [5.41, 5.74) is 3.58. The van der Waals surface area contributed by atoms with Crippen LogP contribution in [0.4, 0.5) is 4.39 Å². The van der Waals surface area contributed by atoms with Crippen molar-refractivity contribution in [1.29, 1.82) is 0 Å². The van der Waals surface area contributed by atoms with Gasteiger partial charge in [-0.2, -0.15) is 0 Å². The fourth-order valence-electron chi connectivity index (χ4n) is 3.63. The predicted octanol–water partition coefficient (Wildman–Crippen LogP) is 3.61. The molecule has 6 heteroatoms. The van der Waals surface area contributed by atoms with Crippen LogP contribution in [0.2, 0.25) is 0 Å². The van der Waals surface area contributed by atoms with Gasteiger partial charge >= 0.3 is 0 Å². The van der Waals surface area contributed by atoms with Crippen molar-refractivity contribution in [1.82, 2.24) is 15.2 Å². The summed E-state index contributed by atoms with van der Waals surface area (Å²) in [4.78, 5) is 19.1. The largest absolute Gasteiger partial charge is 0.465 e. The number of aromatic nitrogens is 1. The standard InChI is InChI=1S/C22H22FN3O2/c1-15-21(22(27)25-12-17-3-2-9-24-11-17)19-14-26(10-8-20(19)28-15)13-16-4-6-18(23)7-5-16/h2-7,9,11H,8,10,12-14H2,1H3,(H,25,27). The Morgan fingerprint density at radius 2 is 2.07 bits per heavy atom. The van der Waals surface area contributed by atoms with Gasteiger partial charge in [0.2, 0.25) is 0 Å². The second kappa shape index (κ2) is 7.94. The maximum atomic E-state index is 13.1. The number of fused-ring (bicyclic) bond motifs is 1. The highest BCUT2D eigenvalue weighted by molar-refractivity contribution is 5.97. The molecule has 0 bridgehead atoms. The molecule has 0 unspecified atom stereocenters. The van der Waals surface area contributed by atoms with Gasteiger partial charge in [0.1, 0.15) is 17.3 Å². The first-order valence-corrected chi connectivity index (χ1v) is 9.35. The summed E-state index contributed by atoms with van der Waals surface area (Å²) in [6.45, 7) is 4.45. The molecule has 3 heterocycles. The van der Waals surface area contributed by atoms with Gasteiger partial charge in [-0.05, 0) is 36.2 Å². The van der Waals surface area contributed by atoms with Crippen molar-refractivity contribution in [3.8, 4) is 0 Å². The monoisotopic (exact) mass is 379 g/mol. The fraction of sp³-hybridized carbons (Fsp3) is 0.273. The number of hydrogen-bond donors (Lipinski definition) is 1. The van der Waals surface area contributed by atoms with E-state index in [9.17, 15) is 9.18 Å². The molecule has 28 heavy (non-hydrogen) atoms. The van der Waals surface area contributed by atoms with Crippen LogP contribution < -0.4 is 5.32 Å². The lowest BCUT2D eigenvalue weighted by Crippen LogP contribution is -2.31. The summed E-state index contributed by atoms with van der Waals surface area (Å²) in [5.74, 6) is 1.18. The Morgan fingerprint density at radius 3 is 2.82 bits per heavy atom. The number of carbonyl (C=O) groups excluding carboxylic acids is 1. The van der Waals surface area contributed by atoms with Gasteiger partial charge in [0.05, 0.1) is 5.56 Å². The second-order valence-electron chi connectivity index (χ2n) is 7.07. The predicted molar refractivity (Wildman–Crippen MR) is 103 cm³/mol. The van der Waals surface area contributed by atoms with Crippen LogP contribution in [0.1, 0.15) is 38.6 Å². The summed E-state index contributed by atoms with van der Waals surface area (Å²) in [6, 6.07) is 10.3. The molecule has 0 spiro atoms. The van der Waals surface area contributed by atoms with Crippen LogP contribution in [0.5, 0.6) is 0 Å². The highest BCUT2D eigenvalue weighted by atomic mass is 19.1. The topological polar surface area (TPSA) is 58.4 Å². The molecule has 0 aliphatic carbocycles. The number of rotatable bonds is 5. The maximum absolute atomic E-state index is 13.1. The molecule has 0 atom stereocenters. The molecule has 144 valence electrons. The average Bonchev–Trinajstić information content (AvgIpc) is 3.04. The number of aryl methyl sites for hydroxylation is 1. The lowest BCUT2D eigenvalue weighted by Gasteiger charge is -2.26. The summed E-state index contributed by atoms with van der Waals surface area (Å²) >= 11 is 0. The smallest absolute Gasteiger partial charge is 0.255 e. The van der Waals surface area contributed by atoms with Gasteiger partial charge in [-0.25, -0.2) is 4.39 Å². The van der Waals surface area contributed by atoms with Crippen molar-refractivity contribution in [2.24, 2.45) is 0 Å². The Balaban J connectivity index is 1.48. The molecule has 1 aliphatic rings. The van der Waals surface area contributed by atoms with E-state index < -0.39 is 0 Å². The molecule has 1 aliphatic heterocycles. The van der Waals surface area contributed by atoms with E-state index in [0.717, 1.165) is 35.4 Å². The van der Waals surface area contributed by atoms with Crippen molar-refractivity contribution in [2.45, 2.75) is 33.0 Å². The van der Waals surface area contributed by atoms with Crippen LogP contribution in [-0.4, -0.2) is 22.3 Å². The Kier molecular flexibility index (Phi) is 5.21. The number of nitrogens with one attached hydrogen (secondary N) is 1. The minimum Gasteiger partial charge on any atom is -0.465 e. The summed E-state index contributed by atoms with van der Waals surface area (Å²) in [7, 11) is 0. The normalized spacial score (nSPS) is 13.9. The number of furan rings is 1. The molecule has 0 radical (unpaired) electrons. The zero-order valence-corrected chi connectivity index (χ0v) is 15.7. The molecule has 0 fully saturated rings. The summed E-state index contributed by atoms with van der Waals surface area (Å²) in [5, 5.41) is 2.96. The summed E-state index contributed by atoms with van der Waals surface area (Å²) in [6.07, 6.45) is 4.20. The zero-order valence-electron chi connectivity index (χ0n) is 15.7. The maximum Gasteiger partial charge on any atom is 0.255 e. The highest BCUT2D eigenvalue weighted by Crippen LogP contribution is 2.29. The van der Waals surface area contributed by atoms with Crippen molar-refractivity contribution in [3.05, 3.63) is 88.4 Å². The Bertz CT molecular complexity index is 967. The van der Waals surface area contributed by atoms with Crippen molar-refractivity contribution < 1.29 is 13.6 Å². The van der Waals surface area contributed by atoms with Crippen LogP contribution in [-0.2, 0) is 26.1 Å². The molecule has 3 aromatic rings. The van der Waals surface area contributed by atoms with E-state index in [-0.39, 0.29) is 11.7 Å². The van der Waals surface area contributed by atoms with Gasteiger partial charge < -0.3 is 9.73 Å². The van der Waals surface area contributed by atoms with Gasteiger partial charge in [0.15, 0.2) is 0 Å². The first-order valence-electron chi connectivity index (χ1n) is 9.35. The van der Waals surface area contributed by atoms with Crippen LogP contribution in [0.25, 0.3) is 0 Å². The van der Waals surface area contributed by atoms with E-state index in [1.54, 1.807) is 24.5 Å². The molecule has 1 N–H and O–H groups in total. The fourth-order valence-corrected chi connectivity index (χ4v) is 3.63. The lowest BCUT2D eigenvalue weighted by atomic mass is 10.0. The van der Waals surface area contributed by atoms with E-state index in [2.05, 4.69) is 15.2 Å². The van der Waals surface area contributed by atoms with Crippen molar-refractivity contribution in [2.75, 3.05) is 6.54 Å². The van der Waals surface area contributed by atoms with Gasteiger partial charge in [-0.15, -0.1) is 0 Å². The van der Waals surface area contributed by atoms with Crippen LogP contribution in [0.15, 0.2) is 53.2 Å². The lowest BCUT2D eigenvalue weighted by molar-refractivity contribution is 0.0947. The van der Waals surface area contributed by atoms with E-state index in [4.69, 9.17) is 4.42 Å². The molecule has 1 aromatic carbocycles. The zero-order chi connectivity index (χ0) is 19.5. The van der Waals surface area contributed by atoms with E-state index >= 15 is 0 Å². The molecule has 0 saturated carbocycles. The van der Waals surface area contributed by atoms with Gasteiger partial charge in [0.25, 0.3) is 5.91 Å². The summed E-state index contributed by atoms with van der Waals surface area (Å²) < 4.78 is 19.0.